The molecule has 0 fully saturated rings. The number of para-hydroxylation sites is 1. The third kappa shape index (κ3) is 1.20. The fourth-order valence-electron chi connectivity index (χ4n) is 1.24. The Morgan fingerprint density at radius 3 is 3.00 bits per heavy atom. The summed E-state index contributed by atoms with van der Waals surface area (Å²) in [5.41, 5.74) is -0.175. The molecule has 0 radical (unpaired) electrons. The van der Waals surface area contributed by atoms with Crippen LogP contribution in [0, 0.1) is 12.7 Å². The van der Waals surface area contributed by atoms with E-state index in [2.05, 4.69) is 9.97 Å². The van der Waals surface area contributed by atoms with Crippen LogP contribution in [0.4, 0.5) is 4.39 Å². The van der Waals surface area contributed by atoms with E-state index in [1.54, 1.807) is 13.0 Å². The second kappa shape index (κ2) is 2.65. The number of aromatic nitrogens is 2. The lowest BCUT2D eigenvalue weighted by molar-refractivity contribution is 0.636. The predicted octanol–water partition coefficient (Wildman–Crippen LogP) is 1.37. The highest BCUT2D eigenvalue weighted by molar-refractivity contribution is 5.77. The van der Waals surface area contributed by atoms with Gasteiger partial charge in [0, 0.05) is 0 Å². The first-order valence-corrected chi connectivity index (χ1v) is 3.83. The fraction of sp³-hybridized carbons (Fsp3) is 0.111. The van der Waals surface area contributed by atoms with Crippen molar-refractivity contribution in [3.8, 4) is 0 Å². The van der Waals surface area contributed by atoms with Gasteiger partial charge in [-0.2, -0.15) is 0 Å². The molecule has 4 heteroatoms. The number of aryl methyl sites for hydroxylation is 1. The Kier molecular flexibility index (Phi) is 1.62. The van der Waals surface area contributed by atoms with Crippen LogP contribution in [0.1, 0.15) is 5.82 Å². The van der Waals surface area contributed by atoms with E-state index < -0.39 is 5.82 Å². The molecule has 0 saturated heterocycles. The van der Waals surface area contributed by atoms with E-state index in [1.807, 2.05) is 0 Å². The van der Waals surface area contributed by atoms with Gasteiger partial charge in [0.15, 0.2) is 0 Å². The predicted molar refractivity (Wildman–Crippen MR) is 47.1 cm³/mol. The molecule has 2 rings (SSSR count). The molecule has 0 saturated carbocycles. The number of halogens is 1. The Labute approximate surface area is 73.2 Å². The zero-order valence-electron chi connectivity index (χ0n) is 6.97. The molecular formula is C9H7FN2O. The molecule has 0 aliphatic rings. The smallest absolute Gasteiger partial charge is 0.258 e. The molecule has 3 nitrogen and oxygen atoms in total. The van der Waals surface area contributed by atoms with Crippen molar-refractivity contribution < 1.29 is 4.39 Å². The highest BCUT2D eigenvalue weighted by Crippen LogP contribution is 2.10. The van der Waals surface area contributed by atoms with Gasteiger partial charge in [-0.1, -0.05) is 6.07 Å². The fourth-order valence-corrected chi connectivity index (χ4v) is 1.24. The van der Waals surface area contributed by atoms with Crippen LogP contribution in [0.15, 0.2) is 23.0 Å². The molecular weight excluding hydrogens is 171 g/mol. The van der Waals surface area contributed by atoms with Crippen molar-refractivity contribution >= 4 is 10.9 Å². The Bertz CT molecular complexity index is 518. The number of rotatable bonds is 0. The van der Waals surface area contributed by atoms with Crippen molar-refractivity contribution in [1.29, 1.82) is 0 Å². The van der Waals surface area contributed by atoms with Crippen molar-refractivity contribution in [3.05, 3.63) is 40.2 Å². The summed E-state index contributed by atoms with van der Waals surface area (Å²) in [6.45, 7) is 1.62. The molecule has 0 unspecified atom stereocenters. The molecule has 1 heterocycles. The minimum atomic E-state index is -0.466. The Morgan fingerprint density at radius 1 is 1.46 bits per heavy atom. The number of H-pyrrole nitrogens is 1. The molecule has 66 valence electrons. The van der Waals surface area contributed by atoms with E-state index in [0.717, 1.165) is 0 Å². The SMILES string of the molecule is Cc1nc2c(F)cccc2c(=O)[nH]1. The molecule has 13 heavy (non-hydrogen) atoms. The van der Waals surface area contributed by atoms with Gasteiger partial charge >= 0.3 is 0 Å². The molecule has 0 bridgehead atoms. The summed E-state index contributed by atoms with van der Waals surface area (Å²) in [4.78, 5) is 17.7. The monoisotopic (exact) mass is 178 g/mol. The van der Waals surface area contributed by atoms with Crippen molar-refractivity contribution in [2.24, 2.45) is 0 Å². The third-order valence-corrected chi connectivity index (χ3v) is 1.81. The number of hydrogen-bond acceptors (Lipinski definition) is 2. The highest BCUT2D eigenvalue weighted by Gasteiger charge is 2.04. The molecule has 0 aliphatic carbocycles. The van der Waals surface area contributed by atoms with Crippen LogP contribution in [0.5, 0.6) is 0 Å². The Hall–Kier alpha value is -1.71. The number of benzene rings is 1. The number of fused-ring (bicyclic) bond motifs is 1. The molecule has 1 N–H and O–H groups in total. The zero-order valence-corrected chi connectivity index (χ0v) is 6.97. The van der Waals surface area contributed by atoms with Gasteiger partial charge in [0.25, 0.3) is 5.56 Å². The Balaban J connectivity index is 3.03. The number of nitrogens with zero attached hydrogens (tertiary/aromatic N) is 1. The second-order valence-corrected chi connectivity index (χ2v) is 2.79. The van der Waals surface area contributed by atoms with E-state index in [4.69, 9.17) is 0 Å². The molecule has 2 aromatic rings. The average molecular weight is 178 g/mol. The second-order valence-electron chi connectivity index (χ2n) is 2.79. The minimum Gasteiger partial charge on any atom is -0.310 e. The summed E-state index contributed by atoms with van der Waals surface area (Å²) < 4.78 is 13.1. The van der Waals surface area contributed by atoms with Gasteiger partial charge in [0.2, 0.25) is 0 Å². The largest absolute Gasteiger partial charge is 0.310 e. The van der Waals surface area contributed by atoms with Crippen molar-refractivity contribution in [2.45, 2.75) is 6.92 Å². The van der Waals surface area contributed by atoms with E-state index in [1.165, 1.54) is 12.1 Å². The standard InChI is InChI=1S/C9H7FN2O/c1-5-11-8-6(9(13)12-5)3-2-4-7(8)10/h2-4H,1H3,(H,11,12,13). The van der Waals surface area contributed by atoms with Gasteiger partial charge in [-0.3, -0.25) is 4.79 Å². The molecule has 0 aliphatic heterocycles. The number of nitrogens with one attached hydrogen (secondary N) is 1. The molecule has 0 spiro atoms. The van der Waals surface area contributed by atoms with E-state index in [-0.39, 0.29) is 16.5 Å². The summed E-state index contributed by atoms with van der Waals surface area (Å²) in [5, 5.41) is 0.283. The zero-order chi connectivity index (χ0) is 9.42. The summed E-state index contributed by atoms with van der Waals surface area (Å²) in [5.74, 6) is -0.0469. The maximum absolute atomic E-state index is 13.1. The summed E-state index contributed by atoms with van der Waals surface area (Å²) in [6, 6.07) is 4.32. The van der Waals surface area contributed by atoms with Crippen LogP contribution in [0.25, 0.3) is 10.9 Å². The van der Waals surface area contributed by atoms with Crippen LogP contribution in [0.2, 0.25) is 0 Å². The number of hydrogen-bond donors (Lipinski definition) is 1. The van der Waals surface area contributed by atoms with Crippen LogP contribution >= 0.6 is 0 Å². The van der Waals surface area contributed by atoms with Crippen LogP contribution in [-0.4, -0.2) is 9.97 Å². The average Bonchev–Trinajstić information content (AvgIpc) is 2.07. The molecule has 0 atom stereocenters. The first kappa shape index (κ1) is 7.91. The number of aromatic amines is 1. The lowest BCUT2D eigenvalue weighted by Crippen LogP contribution is -2.10. The van der Waals surface area contributed by atoms with Gasteiger partial charge in [0.1, 0.15) is 17.2 Å². The molecule has 1 aromatic carbocycles. The Morgan fingerprint density at radius 2 is 2.23 bits per heavy atom. The summed E-state index contributed by atoms with van der Waals surface area (Å²) >= 11 is 0. The van der Waals surface area contributed by atoms with E-state index in [0.29, 0.717) is 5.82 Å². The first-order valence-electron chi connectivity index (χ1n) is 3.83. The molecule has 0 amide bonds. The highest BCUT2D eigenvalue weighted by atomic mass is 19.1. The van der Waals surface area contributed by atoms with Gasteiger partial charge in [-0.25, -0.2) is 9.37 Å². The van der Waals surface area contributed by atoms with Gasteiger partial charge in [-0.15, -0.1) is 0 Å². The lowest BCUT2D eigenvalue weighted by atomic mass is 10.2. The van der Waals surface area contributed by atoms with E-state index in [9.17, 15) is 9.18 Å². The van der Waals surface area contributed by atoms with Crippen LogP contribution in [0.3, 0.4) is 0 Å². The topological polar surface area (TPSA) is 45.8 Å². The van der Waals surface area contributed by atoms with E-state index >= 15 is 0 Å². The van der Waals surface area contributed by atoms with Crippen molar-refractivity contribution in [1.82, 2.24) is 9.97 Å². The lowest BCUT2D eigenvalue weighted by Gasteiger charge is -1.98. The van der Waals surface area contributed by atoms with Gasteiger partial charge in [0.05, 0.1) is 5.39 Å². The van der Waals surface area contributed by atoms with Crippen LogP contribution in [-0.2, 0) is 0 Å². The molecule has 1 aromatic heterocycles. The third-order valence-electron chi connectivity index (χ3n) is 1.81. The summed E-state index contributed by atoms with van der Waals surface area (Å²) in [7, 11) is 0. The normalized spacial score (nSPS) is 10.6. The van der Waals surface area contributed by atoms with Crippen molar-refractivity contribution in [3.63, 3.8) is 0 Å². The van der Waals surface area contributed by atoms with Crippen LogP contribution < -0.4 is 5.56 Å². The first-order chi connectivity index (χ1) is 6.18. The maximum Gasteiger partial charge on any atom is 0.258 e. The quantitative estimate of drug-likeness (QED) is 0.662. The minimum absolute atomic E-state index is 0.128. The van der Waals surface area contributed by atoms with Gasteiger partial charge in [-0.05, 0) is 19.1 Å². The summed E-state index contributed by atoms with van der Waals surface area (Å²) in [6.07, 6.45) is 0. The van der Waals surface area contributed by atoms with Gasteiger partial charge < -0.3 is 4.98 Å². The van der Waals surface area contributed by atoms with Crippen molar-refractivity contribution in [2.75, 3.05) is 0 Å². The maximum atomic E-state index is 13.1.